The fourth-order valence-corrected chi connectivity index (χ4v) is 4.66. The normalized spacial score (nSPS) is 20.6. The van der Waals surface area contributed by atoms with Crippen molar-refractivity contribution in [2.45, 2.75) is 44.6 Å². The van der Waals surface area contributed by atoms with Crippen molar-refractivity contribution >= 4 is 23.5 Å². The molecule has 0 aromatic heterocycles. The predicted molar refractivity (Wildman–Crippen MR) is 123 cm³/mol. The monoisotopic (exact) mass is 506 g/mol. The van der Waals surface area contributed by atoms with E-state index in [2.05, 4.69) is 5.32 Å². The number of anilines is 1. The second-order valence-electron chi connectivity index (χ2n) is 9.34. The number of halogens is 4. The molecule has 1 spiro atoms. The topological polar surface area (TPSA) is 73.0 Å². The number of hydrogen-bond donors (Lipinski definition) is 1. The fourth-order valence-electron chi connectivity index (χ4n) is 4.66. The summed E-state index contributed by atoms with van der Waals surface area (Å²) in [7, 11) is 0. The van der Waals surface area contributed by atoms with Crippen molar-refractivity contribution < 1.29 is 31.9 Å². The van der Waals surface area contributed by atoms with Crippen LogP contribution in [0.1, 0.15) is 31.4 Å². The molecule has 2 aromatic carbocycles. The summed E-state index contributed by atoms with van der Waals surface area (Å²) in [6.07, 6.45) is -4.31. The van der Waals surface area contributed by atoms with Crippen molar-refractivity contribution in [3.05, 3.63) is 65.5 Å². The molecule has 1 N–H and O–H groups in total. The van der Waals surface area contributed by atoms with Gasteiger partial charge in [-0.2, -0.15) is 13.2 Å². The van der Waals surface area contributed by atoms with Crippen LogP contribution in [-0.4, -0.2) is 63.8 Å². The van der Waals surface area contributed by atoms with Gasteiger partial charge in [-0.15, -0.1) is 0 Å². The highest BCUT2D eigenvalue weighted by Crippen LogP contribution is 2.36. The second kappa shape index (κ2) is 9.44. The van der Waals surface area contributed by atoms with Gasteiger partial charge in [0.15, 0.2) is 0 Å². The molecule has 11 heteroatoms. The average molecular weight is 507 g/mol. The SMILES string of the molecule is CC(C)N1CC(=O)N(Cc2ccc(C(F)(F)F)cc2)C2(CCN(C(=O)Nc3ccc(F)cc3)C2)C1=O. The van der Waals surface area contributed by atoms with E-state index >= 15 is 0 Å². The van der Waals surface area contributed by atoms with Crippen LogP contribution in [0.5, 0.6) is 0 Å². The van der Waals surface area contributed by atoms with Crippen molar-refractivity contribution in [1.82, 2.24) is 14.7 Å². The first-order valence-corrected chi connectivity index (χ1v) is 11.5. The first kappa shape index (κ1) is 25.5. The lowest BCUT2D eigenvalue weighted by Gasteiger charge is -2.48. The Bertz CT molecular complexity index is 1150. The lowest BCUT2D eigenvalue weighted by atomic mass is 9.89. The van der Waals surface area contributed by atoms with Gasteiger partial charge in [0, 0.05) is 24.8 Å². The molecule has 1 unspecified atom stereocenters. The molecule has 2 saturated heterocycles. The van der Waals surface area contributed by atoms with E-state index < -0.39 is 29.1 Å². The number of alkyl halides is 3. The van der Waals surface area contributed by atoms with E-state index in [1.54, 1.807) is 13.8 Å². The van der Waals surface area contributed by atoms with Crippen LogP contribution < -0.4 is 5.32 Å². The number of hydrogen-bond acceptors (Lipinski definition) is 3. The third-order valence-corrected chi connectivity index (χ3v) is 6.66. The van der Waals surface area contributed by atoms with Gasteiger partial charge >= 0.3 is 12.2 Å². The number of rotatable bonds is 4. The van der Waals surface area contributed by atoms with E-state index in [4.69, 9.17) is 0 Å². The molecular formula is C25H26F4N4O3. The molecule has 192 valence electrons. The Balaban J connectivity index is 1.59. The second-order valence-corrected chi connectivity index (χ2v) is 9.34. The summed E-state index contributed by atoms with van der Waals surface area (Å²) in [6, 6.07) is 8.92. The van der Waals surface area contributed by atoms with Gasteiger partial charge in [-0.05, 0) is 62.2 Å². The van der Waals surface area contributed by atoms with E-state index in [0.717, 1.165) is 12.1 Å². The van der Waals surface area contributed by atoms with Crippen LogP contribution >= 0.6 is 0 Å². The summed E-state index contributed by atoms with van der Waals surface area (Å²) in [5.41, 5.74) is -1.34. The lowest BCUT2D eigenvalue weighted by molar-refractivity contribution is -0.166. The lowest BCUT2D eigenvalue weighted by Crippen LogP contribution is -2.69. The Hall–Kier alpha value is -3.63. The third kappa shape index (κ3) is 4.87. The van der Waals surface area contributed by atoms with E-state index in [1.807, 2.05) is 0 Å². The summed E-state index contributed by atoms with van der Waals surface area (Å²) >= 11 is 0. The first-order valence-electron chi connectivity index (χ1n) is 11.5. The smallest absolute Gasteiger partial charge is 0.329 e. The van der Waals surface area contributed by atoms with E-state index in [1.165, 1.54) is 51.1 Å². The van der Waals surface area contributed by atoms with Gasteiger partial charge in [-0.25, -0.2) is 9.18 Å². The summed E-state index contributed by atoms with van der Waals surface area (Å²) in [4.78, 5) is 44.1. The quantitative estimate of drug-likeness (QED) is 0.635. The number of nitrogens with one attached hydrogen (secondary N) is 1. The number of urea groups is 1. The molecule has 0 bridgehead atoms. The number of carbonyl (C=O) groups excluding carboxylic acids is 3. The molecule has 36 heavy (non-hydrogen) atoms. The molecule has 0 radical (unpaired) electrons. The zero-order valence-electron chi connectivity index (χ0n) is 19.8. The van der Waals surface area contributed by atoms with Crippen LogP contribution in [0.25, 0.3) is 0 Å². The number of piperazine rings is 1. The highest BCUT2D eigenvalue weighted by molar-refractivity contribution is 6.00. The fraction of sp³-hybridized carbons (Fsp3) is 0.400. The van der Waals surface area contributed by atoms with Crippen molar-refractivity contribution in [3.63, 3.8) is 0 Å². The molecule has 7 nitrogen and oxygen atoms in total. The first-order chi connectivity index (χ1) is 16.9. The molecule has 0 aliphatic carbocycles. The summed E-state index contributed by atoms with van der Waals surface area (Å²) < 4.78 is 52.1. The molecule has 4 rings (SSSR count). The number of likely N-dealkylation sites (tertiary alicyclic amines) is 1. The van der Waals surface area contributed by atoms with Gasteiger partial charge in [-0.1, -0.05) is 12.1 Å². The zero-order chi connectivity index (χ0) is 26.3. The maximum absolute atomic E-state index is 13.7. The largest absolute Gasteiger partial charge is 0.416 e. The summed E-state index contributed by atoms with van der Waals surface area (Å²) in [6.45, 7) is 3.47. The van der Waals surface area contributed by atoms with Crippen molar-refractivity contribution in [1.29, 1.82) is 0 Å². The van der Waals surface area contributed by atoms with Crippen LogP contribution in [0.3, 0.4) is 0 Å². The van der Waals surface area contributed by atoms with Gasteiger partial charge in [0.05, 0.1) is 12.1 Å². The standard InChI is InChI=1S/C25H26F4N4O3/c1-16(2)32-14-21(34)33(13-17-3-5-18(6-4-17)25(27,28)29)24(22(32)35)11-12-31(15-24)23(36)30-20-9-7-19(26)8-10-20/h3-10,16H,11-15H2,1-2H3,(H,30,36). The van der Waals surface area contributed by atoms with E-state index in [9.17, 15) is 31.9 Å². The Morgan fingerprint density at radius 1 is 1.06 bits per heavy atom. The molecule has 0 saturated carbocycles. The minimum atomic E-state index is -4.49. The van der Waals surface area contributed by atoms with Crippen LogP contribution in [0.4, 0.5) is 28.0 Å². The van der Waals surface area contributed by atoms with E-state index in [-0.39, 0.29) is 50.5 Å². The highest BCUT2D eigenvalue weighted by atomic mass is 19.4. The van der Waals surface area contributed by atoms with Gasteiger partial charge in [0.1, 0.15) is 17.9 Å². The molecule has 1 atom stereocenters. The zero-order valence-corrected chi connectivity index (χ0v) is 19.8. The average Bonchev–Trinajstić information content (AvgIpc) is 3.27. The van der Waals surface area contributed by atoms with Crippen molar-refractivity contribution in [2.75, 3.05) is 25.0 Å². The van der Waals surface area contributed by atoms with Crippen LogP contribution in [0.2, 0.25) is 0 Å². The molecule has 4 amide bonds. The van der Waals surface area contributed by atoms with Crippen molar-refractivity contribution in [3.8, 4) is 0 Å². The van der Waals surface area contributed by atoms with E-state index in [0.29, 0.717) is 11.3 Å². The Morgan fingerprint density at radius 3 is 2.28 bits per heavy atom. The van der Waals surface area contributed by atoms with Crippen LogP contribution in [0, 0.1) is 5.82 Å². The number of benzene rings is 2. The Kier molecular flexibility index (Phi) is 6.68. The van der Waals surface area contributed by atoms with Gasteiger partial charge in [-0.3, -0.25) is 9.59 Å². The minimum absolute atomic E-state index is 0.0674. The maximum Gasteiger partial charge on any atom is 0.416 e. The molecule has 2 aromatic rings. The third-order valence-electron chi connectivity index (χ3n) is 6.66. The molecule has 2 aliphatic heterocycles. The molecular weight excluding hydrogens is 480 g/mol. The Morgan fingerprint density at radius 2 is 1.69 bits per heavy atom. The van der Waals surface area contributed by atoms with Gasteiger partial charge < -0.3 is 20.0 Å². The van der Waals surface area contributed by atoms with Crippen LogP contribution in [0.15, 0.2) is 48.5 Å². The van der Waals surface area contributed by atoms with Gasteiger partial charge in [0.25, 0.3) is 5.91 Å². The Labute approximate surface area is 205 Å². The highest BCUT2D eigenvalue weighted by Gasteiger charge is 2.57. The molecule has 2 heterocycles. The predicted octanol–water partition coefficient (Wildman–Crippen LogP) is 4.10. The minimum Gasteiger partial charge on any atom is -0.329 e. The van der Waals surface area contributed by atoms with Crippen molar-refractivity contribution in [2.24, 2.45) is 0 Å². The number of carbonyl (C=O) groups is 3. The number of amides is 4. The molecule has 2 aliphatic rings. The summed E-state index contributed by atoms with van der Waals surface area (Å²) in [5.74, 6) is -1.10. The van der Waals surface area contributed by atoms with Crippen LogP contribution in [-0.2, 0) is 22.3 Å². The van der Waals surface area contributed by atoms with Gasteiger partial charge in [0.2, 0.25) is 5.91 Å². The molecule has 2 fully saturated rings. The number of nitrogens with zero attached hydrogens (tertiary/aromatic N) is 3. The summed E-state index contributed by atoms with van der Waals surface area (Å²) in [5, 5.41) is 2.66. The maximum atomic E-state index is 13.7.